The fourth-order valence-electron chi connectivity index (χ4n) is 3.55. The summed E-state index contributed by atoms with van der Waals surface area (Å²) in [6.07, 6.45) is 3.62. The molecule has 1 saturated heterocycles. The van der Waals surface area contributed by atoms with Gasteiger partial charge in [0.2, 0.25) is 5.91 Å². The molecule has 1 aromatic carbocycles. The molecule has 1 N–H and O–H groups in total. The lowest BCUT2D eigenvalue weighted by molar-refractivity contribution is -0.134. The summed E-state index contributed by atoms with van der Waals surface area (Å²) in [7, 11) is 0. The average Bonchev–Trinajstić information content (AvgIpc) is 2.81. The van der Waals surface area contributed by atoms with Crippen LogP contribution in [0.2, 0.25) is 10.0 Å². The van der Waals surface area contributed by atoms with E-state index in [1.165, 1.54) is 0 Å². The Morgan fingerprint density at radius 3 is 2.64 bits per heavy atom. The highest BCUT2D eigenvalue weighted by molar-refractivity contribution is 7.99. The Hall–Kier alpha value is -1.96. The second kappa shape index (κ2) is 12.5. The molecule has 3 rings (SSSR count). The van der Waals surface area contributed by atoms with E-state index in [0.717, 1.165) is 23.4 Å². The first-order valence-electron chi connectivity index (χ1n) is 11.1. The van der Waals surface area contributed by atoms with Crippen LogP contribution in [-0.2, 0) is 16.0 Å². The zero-order valence-electron chi connectivity index (χ0n) is 18.8. The summed E-state index contributed by atoms with van der Waals surface area (Å²) in [6, 6.07) is 10.2. The van der Waals surface area contributed by atoms with Crippen molar-refractivity contribution < 1.29 is 14.3 Å². The van der Waals surface area contributed by atoms with Crippen LogP contribution >= 0.6 is 35.0 Å². The summed E-state index contributed by atoms with van der Waals surface area (Å²) in [5.41, 5.74) is 0.740. The lowest BCUT2D eigenvalue weighted by atomic mass is 10.0. The Balaban J connectivity index is 1.65. The first kappa shape index (κ1) is 25.7. The van der Waals surface area contributed by atoms with Crippen molar-refractivity contribution in [2.45, 2.75) is 62.0 Å². The monoisotopic (exact) mass is 509 g/mol. The van der Waals surface area contributed by atoms with Crippen LogP contribution in [0.15, 0.2) is 47.6 Å². The third kappa shape index (κ3) is 7.80. The lowest BCUT2D eigenvalue weighted by Gasteiger charge is -2.34. The van der Waals surface area contributed by atoms with Crippen LogP contribution in [0.1, 0.15) is 38.7 Å². The van der Waals surface area contributed by atoms with Gasteiger partial charge in [-0.2, -0.15) is 0 Å². The summed E-state index contributed by atoms with van der Waals surface area (Å²) in [4.78, 5) is 32.0. The molecule has 2 aromatic rings. The van der Waals surface area contributed by atoms with Crippen molar-refractivity contribution in [3.8, 4) is 0 Å². The number of amides is 2. The molecule has 1 unspecified atom stereocenters. The number of rotatable bonds is 8. The number of halogens is 2. The Morgan fingerprint density at radius 2 is 2.00 bits per heavy atom. The minimum absolute atomic E-state index is 0.136. The second-order valence-corrected chi connectivity index (χ2v) is 10.2. The number of carbonyl (C=O) groups is 2. The molecule has 6 nitrogen and oxygen atoms in total. The molecule has 0 aliphatic carbocycles. The van der Waals surface area contributed by atoms with Gasteiger partial charge >= 0.3 is 6.09 Å². The maximum absolute atomic E-state index is 13.4. The molecule has 0 bridgehead atoms. The molecule has 1 aliphatic heterocycles. The van der Waals surface area contributed by atoms with Crippen molar-refractivity contribution in [1.29, 1.82) is 0 Å². The second-order valence-electron chi connectivity index (χ2n) is 8.07. The van der Waals surface area contributed by atoms with Gasteiger partial charge in [-0.1, -0.05) is 42.3 Å². The number of pyridine rings is 1. The highest BCUT2D eigenvalue weighted by Gasteiger charge is 2.31. The van der Waals surface area contributed by atoms with E-state index in [0.29, 0.717) is 34.8 Å². The highest BCUT2D eigenvalue weighted by Crippen LogP contribution is 2.29. The number of nitrogens with zero attached hydrogens (tertiary/aromatic N) is 2. The molecule has 1 aromatic heterocycles. The van der Waals surface area contributed by atoms with E-state index in [2.05, 4.69) is 10.3 Å². The van der Waals surface area contributed by atoms with Gasteiger partial charge in [0.15, 0.2) is 0 Å². The minimum atomic E-state index is -0.778. The van der Waals surface area contributed by atoms with E-state index in [9.17, 15) is 9.59 Å². The molecule has 0 radical (unpaired) electrons. The van der Waals surface area contributed by atoms with Crippen molar-refractivity contribution >= 4 is 47.0 Å². The quantitative estimate of drug-likeness (QED) is 0.500. The summed E-state index contributed by atoms with van der Waals surface area (Å²) in [5.74, 6) is -0.136. The van der Waals surface area contributed by atoms with Crippen molar-refractivity contribution in [2.75, 3.05) is 13.1 Å². The number of piperidine rings is 1. The summed E-state index contributed by atoms with van der Waals surface area (Å²) in [6.45, 7) is 4.99. The number of benzene rings is 1. The number of alkyl carbamates (subject to hydrolysis) is 1. The van der Waals surface area contributed by atoms with E-state index in [1.807, 2.05) is 36.9 Å². The SMILES string of the molecule is CC[C@@H](C)OC(=O)NC(Cc1ccc(Cl)cc1Cl)C(=O)N1CCC(Sc2ccccn2)CC1. The first-order chi connectivity index (χ1) is 15.9. The molecule has 178 valence electrons. The van der Waals surface area contributed by atoms with Gasteiger partial charge in [0, 0.05) is 41.0 Å². The predicted octanol–water partition coefficient (Wildman–Crippen LogP) is 5.61. The number of likely N-dealkylation sites (tertiary alicyclic amines) is 1. The standard InChI is InChI=1S/C24H29Cl2N3O3S/c1-3-16(2)32-24(31)28-21(14-17-7-8-18(25)15-20(17)26)23(30)29-12-9-19(10-13-29)33-22-6-4-5-11-27-22/h4-8,11,15-16,19,21H,3,9-10,12-14H2,1-2H3,(H,28,31)/t16-,21?/m1/s1. The zero-order chi connectivity index (χ0) is 23.8. The molecule has 33 heavy (non-hydrogen) atoms. The third-order valence-corrected chi connectivity index (χ3v) is 7.47. The molecule has 1 aliphatic rings. The molecule has 1 fully saturated rings. The van der Waals surface area contributed by atoms with Crippen LogP contribution in [0.5, 0.6) is 0 Å². The average molecular weight is 510 g/mol. The summed E-state index contributed by atoms with van der Waals surface area (Å²) in [5, 5.41) is 5.13. The predicted molar refractivity (Wildman–Crippen MR) is 133 cm³/mol. The van der Waals surface area contributed by atoms with E-state index in [1.54, 1.807) is 36.2 Å². The lowest BCUT2D eigenvalue weighted by Crippen LogP contribution is -2.52. The first-order valence-corrected chi connectivity index (χ1v) is 12.8. The van der Waals surface area contributed by atoms with Crippen LogP contribution in [-0.4, -0.2) is 52.4 Å². The maximum Gasteiger partial charge on any atom is 0.408 e. The molecule has 0 spiro atoms. The van der Waals surface area contributed by atoms with Gasteiger partial charge in [0.1, 0.15) is 12.1 Å². The van der Waals surface area contributed by atoms with E-state index in [4.69, 9.17) is 27.9 Å². The smallest absolute Gasteiger partial charge is 0.408 e. The Labute approximate surface area is 209 Å². The minimum Gasteiger partial charge on any atom is -0.447 e. The van der Waals surface area contributed by atoms with Crippen molar-refractivity contribution in [1.82, 2.24) is 15.2 Å². The van der Waals surface area contributed by atoms with Crippen LogP contribution < -0.4 is 5.32 Å². The van der Waals surface area contributed by atoms with E-state index < -0.39 is 12.1 Å². The van der Waals surface area contributed by atoms with Gasteiger partial charge < -0.3 is 15.0 Å². The number of hydrogen-bond donors (Lipinski definition) is 1. The number of carbonyl (C=O) groups excluding carboxylic acids is 2. The Morgan fingerprint density at radius 1 is 1.24 bits per heavy atom. The van der Waals surface area contributed by atoms with Crippen LogP contribution in [0, 0.1) is 0 Å². The van der Waals surface area contributed by atoms with Crippen LogP contribution in [0.3, 0.4) is 0 Å². The topological polar surface area (TPSA) is 71.5 Å². The van der Waals surface area contributed by atoms with Gasteiger partial charge in [-0.05, 0) is 56.0 Å². The molecular formula is C24H29Cl2N3O3S. The molecule has 9 heteroatoms. The Kier molecular flexibility index (Phi) is 9.71. The molecular weight excluding hydrogens is 481 g/mol. The van der Waals surface area contributed by atoms with Gasteiger partial charge in [-0.3, -0.25) is 4.79 Å². The highest BCUT2D eigenvalue weighted by atomic mass is 35.5. The number of hydrogen-bond acceptors (Lipinski definition) is 5. The van der Waals surface area contributed by atoms with E-state index >= 15 is 0 Å². The number of nitrogens with one attached hydrogen (secondary N) is 1. The number of ether oxygens (including phenoxy) is 1. The van der Waals surface area contributed by atoms with E-state index in [-0.39, 0.29) is 18.4 Å². The maximum atomic E-state index is 13.4. The molecule has 0 saturated carbocycles. The van der Waals surface area contributed by atoms with Gasteiger partial charge in [-0.15, -0.1) is 11.8 Å². The summed E-state index contributed by atoms with van der Waals surface area (Å²) < 4.78 is 5.35. The van der Waals surface area contributed by atoms with Crippen molar-refractivity contribution in [3.63, 3.8) is 0 Å². The molecule has 2 amide bonds. The largest absolute Gasteiger partial charge is 0.447 e. The number of aromatic nitrogens is 1. The fourth-order valence-corrected chi connectivity index (χ4v) is 5.10. The zero-order valence-corrected chi connectivity index (χ0v) is 21.1. The molecule has 2 atom stereocenters. The van der Waals surface area contributed by atoms with Crippen molar-refractivity contribution in [3.05, 3.63) is 58.2 Å². The summed E-state index contributed by atoms with van der Waals surface area (Å²) >= 11 is 14.1. The van der Waals surface area contributed by atoms with Gasteiger partial charge in [0.25, 0.3) is 0 Å². The third-order valence-electron chi connectivity index (χ3n) is 5.59. The molecule has 2 heterocycles. The normalized spacial score (nSPS) is 16.2. The van der Waals surface area contributed by atoms with Gasteiger partial charge in [0.05, 0.1) is 5.03 Å². The fraction of sp³-hybridized carbons (Fsp3) is 0.458. The van der Waals surface area contributed by atoms with Gasteiger partial charge in [-0.25, -0.2) is 9.78 Å². The van der Waals surface area contributed by atoms with Crippen molar-refractivity contribution in [2.24, 2.45) is 0 Å². The van der Waals surface area contributed by atoms with Crippen LogP contribution in [0.25, 0.3) is 0 Å². The number of thioether (sulfide) groups is 1. The Bertz CT molecular complexity index is 940. The van der Waals surface area contributed by atoms with Crippen LogP contribution in [0.4, 0.5) is 4.79 Å².